The highest BCUT2D eigenvalue weighted by atomic mass is 79.9. The zero-order valence-corrected chi connectivity index (χ0v) is 13.8. The molecule has 1 saturated heterocycles. The van der Waals surface area contributed by atoms with Crippen LogP contribution in [0.3, 0.4) is 0 Å². The second kappa shape index (κ2) is 6.18. The number of aromatic nitrogens is 2. The Bertz CT molecular complexity index is 435. The van der Waals surface area contributed by atoms with Crippen molar-refractivity contribution in [2.75, 3.05) is 38.6 Å². The molecule has 0 N–H and O–H groups in total. The molecule has 0 aromatic carbocycles. The van der Waals surface area contributed by atoms with Gasteiger partial charge in [-0.2, -0.15) is 0 Å². The van der Waals surface area contributed by atoms with Crippen molar-refractivity contribution in [3.63, 3.8) is 0 Å². The second-order valence-corrected chi connectivity index (χ2v) is 6.67. The molecule has 0 amide bonds. The average Bonchev–Trinajstić information content (AvgIpc) is 2.73. The van der Waals surface area contributed by atoms with Crippen molar-refractivity contribution in [3.05, 3.63) is 16.5 Å². The molecule has 1 unspecified atom stereocenters. The molecule has 0 aliphatic carbocycles. The summed E-state index contributed by atoms with van der Waals surface area (Å²) in [5.74, 6) is 3.01. The predicted octanol–water partition coefficient (Wildman–Crippen LogP) is 2.75. The molecule has 1 aromatic heterocycles. The van der Waals surface area contributed by atoms with Crippen LogP contribution in [0.2, 0.25) is 0 Å². The summed E-state index contributed by atoms with van der Waals surface area (Å²) in [6.07, 6.45) is 1.28. The van der Waals surface area contributed by atoms with E-state index in [1.807, 2.05) is 6.07 Å². The molecule has 0 radical (unpaired) electrons. The highest BCUT2D eigenvalue weighted by Gasteiger charge is 2.21. The van der Waals surface area contributed by atoms with Gasteiger partial charge in [-0.25, -0.2) is 9.97 Å². The number of rotatable bonds is 4. The van der Waals surface area contributed by atoms with Crippen LogP contribution in [0.25, 0.3) is 0 Å². The standard InChI is InChI=1S/C14H23BrN4/c1-10(2)14-16-12(15)7-13(17-14)19(4)9-11-5-6-18(3)8-11/h7,10-11H,5-6,8-9H2,1-4H3. The normalized spacial score (nSPS) is 20.2. The summed E-state index contributed by atoms with van der Waals surface area (Å²) in [6.45, 7) is 7.71. The number of anilines is 1. The van der Waals surface area contributed by atoms with Gasteiger partial charge in [0.25, 0.3) is 0 Å². The van der Waals surface area contributed by atoms with E-state index < -0.39 is 0 Å². The van der Waals surface area contributed by atoms with Crippen LogP contribution < -0.4 is 4.90 Å². The molecule has 1 atom stereocenters. The van der Waals surface area contributed by atoms with Gasteiger partial charge in [-0.1, -0.05) is 13.8 Å². The molecular weight excluding hydrogens is 304 g/mol. The molecular formula is C14H23BrN4. The van der Waals surface area contributed by atoms with Gasteiger partial charge in [-0.3, -0.25) is 0 Å². The zero-order valence-electron chi connectivity index (χ0n) is 12.2. The molecule has 0 spiro atoms. The Balaban J connectivity index is 2.08. The van der Waals surface area contributed by atoms with Crippen molar-refractivity contribution >= 4 is 21.7 Å². The second-order valence-electron chi connectivity index (χ2n) is 5.86. The topological polar surface area (TPSA) is 32.3 Å². The van der Waals surface area contributed by atoms with E-state index in [-0.39, 0.29) is 0 Å². The summed E-state index contributed by atoms with van der Waals surface area (Å²) >= 11 is 3.49. The zero-order chi connectivity index (χ0) is 14.0. The number of halogens is 1. The fraction of sp³-hybridized carbons (Fsp3) is 0.714. The lowest BCUT2D eigenvalue weighted by Crippen LogP contribution is -2.28. The molecule has 2 rings (SSSR count). The molecule has 5 heteroatoms. The van der Waals surface area contributed by atoms with E-state index in [1.54, 1.807) is 0 Å². The summed E-state index contributed by atoms with van der Waals surface area (Å²) in [4.78, 5) is 13.7. The summed E-state index contributed by atoms with van der Waals surface area (Å²) in [6, 6.07) is 2.00. The Hall–Kier alpha value is -0.680. The summed E-state index contributed by atoms with van der Waals surface area (Å²) in [5.41, 5.74) is 0. The Kier molecular flexibility index (Phi) is 4.79. The van der Waals surface area contributed by atoms with Crippen LogP contribution >= 0.6 is 15.9 Å². The predicted molar refractivity (Wildman–Crippen MR) is 82.7 cm³/mol. The van der Waals surface area contributed by atoms with Crippen molar-refractivity contribution in [1.82, 2.24) is 14.9 Å². The van der Waals surface area contributed by atoms with Crippen LogP contribution in [0, 0.1) is 5.92 Å². The largest absolute Gasteiger partial charge is 0.359 e. The third-order valence-electron chi connectivity index (χ3n) is 3.63. The first-order valence-corrected chi connectivity index (χ1v) is 7.69. The van der Waals surface area contributed by atoms with Gasteiger partial charge in [0.1, 0.15) is 16.2 Å². The van der Waals surface area contributed by atoms with Crippen LogP contribution in [-0.2, 0) is 0 Å². The minimum atomic E-state index is 0.349. The van der Waals surface area contributed by atoms with Crippen LogP contribution in [-0.4, -0.2) is 48.6 Å². The van der Waals surface area contributed by atoms with E-state index in [9.17, 15) is 0 Å². The maximum Gasteiger partial charge on any atom is 0.134 e. The third-order valence-corrected chi connectivity index (χ3v) is 4.03. The van der Waals surface area contributed by atoms with Crippen molar-refractivity contribution < 1.29 is 0 Å². The third kappa shape index (κ3) is 3.89. The highest BCUT2D eigenvalue weighted by Crippen LogP contribution is 2.22. The van der Waals surface area contributed by atoms with Gasteiger partial charge in [-0.15, -0.1) is 0 Å². The summed E-state index contributed by atoms with van der Waals surface area (Å²) in [7, 11) is 4.31. The van der Waals surface area contributed by atoms with Gasteiger partial charge in [0.05, 0.1) is 0 Å². The molecule has 19 heavy (non-hydrogen) atoms. The number of likely N-dealkylation sites (tertiary alicyclic amines) is 1. The number of hydrogen-bond donors (Lipinski definition) is 0. The Morgan fingerprint density at radius 1 is 1.47 bits per heavy atom. The molecule has 4 nitrogen and oxygen atoms in total. The number of hydrogen-bond acceptors (Lipinski definition) is 4. The SMILES string of the molecule is CC(C)c1nc(Br)cc(N(C)CC2CCN(C)C2)n1. The summed E-state index contributed by atoms with van der Waals surface area (Å²) in [5, 5.41) is 0. The van der Waals surface area contributed by atoms with Crippen LogP contribution in [0.15, 0.2) is 10.7 Å². The lowest BCUT2D eigenvalue weighted by molar-refractivity contribution is 0.395. The van der Waals surface area contributed by atoms with Crippen LogP contribution in [0.4, 0.5) is 5.82 Å². The Morgan fingerprint density at radius 3 is 2.79 bits per heavy atom. The molecule has 0 bridgehead atoms. The minimum absolute atomic E-state index is 0.349. The maximum atomic E-state index is 4.67. The van der Waals surface area contributed by atoms with Crippen molar-refractivity contribution in [3.8, 4) is 0 Å². The van der Waals surface area contributed by atoms with Crippen molar-refractivity contribution in [2.24, 2.45) is 5.92 Å². The maximum absolute atomic E-state index is 4.67. The van der Waals surface area contributed by atoms with Crippen LogP contribution in [0.1, 0.15) is 32.0 Å². The van der Waals surface area contributed by atoms with E-state index in [2.05, 4.69) is 63.6 Å². The molecule has 1 aromatic rings. The first-order chi connectivity index (χ1) is 8.95. The first-order valence-electron chi connectivity index (χ1n) is 6.90. The van der Waals surface area contributed by atoms with Crippen LogP contribution in [0.5, 0.6) is 0 Å². The molecule has 106 valence electrons. The summed E-state index contributed by atoms with van der Waals surface area (Å²) < 4.78 is 0.872. The Morgan fingerprint density at radius 2 is 2.21 bits per heavy atom. The molecule has 2 heterocycles. The van der Waals surface area contributed by atoms with E-state index in [1.165, 1.54) is 19.5 Å². The fourth-order valence-corrected chi connectivity index (χ4v) is 2.92. The van der Waals surface area contributed by atoms with Crippen molar-refractivity contribution in [2.45, 2.75) is 26.2 Å². The van der Waals surface area contributed by atoms with E-state index >= 15 is 0 Å². The molecule has 0 saturated carbocycles. The van der Waals surface area contributed by atoms with Gasteiger partial charge in [0.2, 0.25) is 0 Å². The van der Waals surface area contributed by atoms with Gasteiger partial charge < -0.3 is 9.80 Å². The molecule has 1 fully saturated rings. The van der Waals surface area contributed by atoms with Gasteiger partial charge in [0.15, 0.2) is 0 Å². The highest BCUT2D eigenvalue weighted by molar-refractivity contribution is 9.10. The molecule has 1 aliphatic rings. The lowest BCUT2D eigenvalue weighted by atomic mass is 10.1. The van der Waals surface area contributed by atoms with Gasteiger partial charge in [-0.05, 0) is 41.9 Å². The first kappa shape index (κ1) is 14.7. The quantitative estimate of drug-likeness (QED) is 0.796. The van der Waals surface area contributed by atoms with Crippen molar-refractivity contribution in [1.29, 1.82) is 0 Å². The van der Waals surface area contributed by atoms with Gasteiger partial charge >= 0.3 is 0 Å². The smallest absolute Gasteiger partial charge is 0.134 e. The number of nitrogens with zero attached hydrogens (tertiary/aromatic N) is 4. The monoisotopic (exact) mass is 326 g/mol. The van der Waals surface area contributed by atoms with E-state index in [0.717, 1.165) is 28.7 Å². The fourth-order valence-electron chi connectivity index (χ4n) is 2.53. The van der Waals surface area contributed by atoms with E-state index in [4.69, 9.17) is 0 Å². The Labute approximate surface area is 124 Å². The minimum Gasteiger partial charge on any atom is -0.359 e. The lowest BCUT2D eigenvalue weighted by Gasteiger charge is -2.23. The van der Waals surface area contributed by atoms with E-state index in [0.29, 0.717) is 5.92 Å². The van der Waals surface area contributed by atoms with Gasteiger partial charge in [0, 0.05) is 32.1 Å². The average molecular weight is 327 g/mol. The molecule has 1 aliphatic heterocycles.